The molecule has 2 aromatic rings. The third-order valence-electron chi connectivity index (χ3n) is 3.38. The second kappa shape index (κ2) is 6.62. The molecule has 8 nitrogen and oxygen atoms in total. The van der Waals surface area contributed by atoms with Crippen LogP contribution in [0.5, 0.6) is 0 Å². The molecule has 1 heterocycles. The lowest BCUT2D eigenvalue weighted by atomic mass is 10.1. The number of carbonyl (C=O) groups excluding carboxylic acids is 1. The van der Waals surface area contributed by atoms with Crippen molar-refractivity contribution >= 4 is 49.2 Å². The van der Waals surface area contributed by atoms with E-state index < -0.39 is 10.9 Å². The monoisotopic (exact) mass is 456 g/mol. The summed E-state index contributed by atoms with van der Waals surface area (Å²) in [6.07, 6.45) is 1.34. The quantitative estimate of drug-likeness (QED) is 0.427. The first kappa shape index (κ1) is 18.0. The molecule has 10 heteroatoms. The minimum absolute atomic E-state index is 0.0544. The normalized spacial score (nSPS) is 10.3. The van der Waals surface area contributed by atoms with Gasteiger partial charge in [-0.05, 0) is 44.8 Å². The van der Waals surface area contributed by atoms with Crippen LogP contribution in [0.3, 0.4) is 0 Å². The van der Waals surface area contributed by atoms with Gasteiger partial charge in [-0.15, -0.1) is 0 Å². The van der Waals surface area contributed by atoms with Crippen LogP contribution in [0.4, 0.5) is 11.4 Å². The molecule has 24 heavy (non-hydrogen) atoms. The van der Waals surface area contributed by atoms with Gasteiger partial charge in [-0.2, -0.15) is 5.26 Å². The molecule has 0 bridgehead atoms. The van der Waals surface area contributed by atoms with E-state index in [1.165, 1.54) is 30.9 Å². The summed E-state index contributed by atoms with van der Waals surface area (Å²) < 4.78 is 6.78. The van der Waals surface area contributed by atoms with Gasteiger partial charge in [-0.3, -0.25) is 10.1 Å². The number of hydrogen-bond acceptors (Lipinski definition) is 6. The fraction of sp³-hybridized carbons (Fsp3) is 0.143. The maximum absolute atomic E-state index is 12.1. The Morgan fingerprint density at radius 2 is 2.08 bits per heavy atom. The smallest absolute Gasteiger partial charge is 0.357 e. The van der Waals surface area contributed by atoms with Crippen molar-refractivity contribution in [1.29, 1.82) is 5.26 Å². The van der Waals surface area contributed by atoms with Gasteiger partial charge in [0.25, 0.3) is 5.69 Å². The number of nitrogens with zero attached hydrogens (tertiary/aromatic N) is 3. The van der Waals surface area contributed by atoms with E-state index in [0.29, 0.717) is 10.2 Å². The molecule has 0 aliphatic rings. The number of ether oxygens (including phenoxy) is 1. The zero-order valence-corrected chi connectivity index (χ0v) is 15.6. The lowest BCUT2D eigenvalue weighted by Crippen LogP contribution is -2.13. The SMILES string of the molecule is COC(=O)c1c(N)c(C#N)cn1-c1c(Br)cc(Br)c([N+](=O)[O-])c1C. The highest BCUT2D eigenvalue weighted by Crippen LogP contribution is 2.39. The minimum atomic E-state index is -0.758. The molecule has 0 radical (unpaired) electrons. The number of nitro groups is 1. The lowest BCUT2D eigenvalue weighted by molar-refractivity contribution is -0.386. The summed E-state index contributed by atoms with van der Waals surface area (Å²) in [7, 11) is 1.18. The highest BCUT2D eigenvalue weighted by Gasteiger charge is 2.28. The van der Waals surface area contributed by atoms with Crippen LogP contribution in [0.1, 0.15) is 21.6 Å². The average Bonchev–Trinajstić information content (AvgIpc) is 2.82. The maximum Gasteiger partial charge on any atom is 0.357 e. The number of nitriles is 1. The van der Waals surface area contributed by atoms with E-state index in [0.717, 1.165) is 0 Å². The standard InChI is InChI=1S/C14H10Br2N4O4/c1-6-11(8(15)3-9(16)12(6)20(22)23)19-5-7(4-17)10(18)13(19)14(21)24-2/h3,5H,18H2,1-2H3. The first-order valence-corrected chi connectivity index (χ1v) is 7.95. The van der Waals surface area contributed by atoms with E-state index in [4.69, 9.17) is 15.7 Å². The van der Waals surface area contributed by atoms with E-state index in [2.05, 4.69) is 31.9 Å². The van der Waals surface area contributed by atoms with Crippen LogP contribution in [-0.2, 0) is 4.74 Å². The van der Waals surface area contributed by atoms with Gasteiger partial charge in [-0.1, -0.05) is 0 Å². The van der Waals surface area contributed by atoms with Crippen LogP contribution in [0.15, 0.2) is 21.2 Å². The van der Waals surface area contributed by atoms with E-state index in [1.54, 1.807) is 0 Å². The van der Waals surface area contributed by atoms with Crippen molar-refractivity contribution in [3.63, 3.8) is 0 Å². The van der Waals surface area contributed by atoms with Crippen LogP contribution >= 0.6 is 31.9 Å². The molecule has 2 N–H and O–H groups in total. The minimum Gasteiger partial charge on any atom is -0.464 e. The molecule has 0 aliphatic heterocycles. The van der Waals surface area contributed by atoms with Gasteiger partial charge in [-0.25, -0.2) is 4.79 Å². The van der Waals surface area contributed by atoms with Gasteiger partial charge >= 0.3 is 5.97 Å². The number of esters is 1. The van der Waals surface area contributed by atoms with Crippen molar-refractivity contribution in [1.82, 2.24) is 4.57 Å². The number of benzene rings is 1. The molecule has 0 saturated heterocycles. The average molecular weight is 458 g/mol. The summed E-state index contributed by atoms with van der Waals surface area (Å²) >= 11 is 6.48. The number of aromatic nitrogens is 1. The van der Waals surface area contributed by atoms with Gasteiger partial charge in [0.1, 0.15) is 6.07 Å². The number of hydrogen-bond donors (Lipinski definition) is 1. The molecule has 0 unspecified atom stereocenters. The summed E-state index contributed by atoms with van der Waals surface area (Å²) in [6.45, 7) is 1.53. The molecule has 124 valence electrons. The third kappa shape index (κ3) is 2.76. The number of nitrogen functional groups attached to an aromatic ring is 1. The van der Waals surface area contributed by atoms with Crippen LogP contribution in [0, 0.1) is 28.4 Å². The molecule has 0 fully saturated rings. The second-order valence-electron chi connectivity index (χ2n) is 4.70. The first-order valence-electron chi connectivity index (χ1n) is 6.37. The number of carbonyl (C=O) groups is 1. The zero-order valence-electron chi connectivity index (χ0n) is 12.5. The topological polar surface area (TPSA) is 124 Å². The predicted octanol–water partition coefficient (Wildman–Crippen LogP) is 3.46. The van der Waals surface area contributed by atoms with Gasteiger partial charge in [0, 0.05) is 10.7 Å². The van der Waals surface area contributed by atoms with E-state index in [9.17, 15) is 14.9 Å². The molecule has 2 rings (SSSR count). The lowest BCUT2D eigenvalue weighted by Gasteiger charge is -2.14. The summed E-state index contributed by atoms with van der Waals surface area (Å²) in [6, 6.07) is 3.37. The molecule has 1 aromatic carbocycles. The Morgan fingerprint density at radius 3 is 2.58 bits per heavy atom. The number of nitro benzene ring substituents is 1. The van der Waals surface area contributed by atoms with E-state index >= 15 is 0 Å². The van der Waals surface area contributed by atoms with Crippen LogP contribution < -0.4 is 5.73 Å². The fourth-order valence-corrected chi connectivity index (χ4v) is 4.02. The Labute approximate surface area is 153 Å². The van der Waals surface area contributed by atoms with Crippen molar-refractivity contribution in [2.75, 3.05) is 12.8 Å². The Balaban J connectivity index is 2.93. The Morgan fingerprint density at radius 1 is 1.46 bits per heavy atom. The molecule has 0 saturated carbocycles. The molecule has 0 spiro atoms. The van der Waals surface area contributed by atoms with Crippen LogP contribution in [0.2, 0.25) is 0 Å². The van der Waals surface area contributed by atoms with Crippen molar-refractivity contribution in [3.8, 4) is 11.8 Å². The van der Waals surface area contributed by atoms with Gasteiger partial charge < -0.3 is 15.0 Å². The van der Waals surface area contributed by atoms with Crippen LogP contribution in [-0.4, -0.2) is 22.6 Å². The van der Waals surface area contributed by atoms with Crippen molar-refractivity contribution < 1.29 is 14.5 Å². The van der Waals surface area contributed by atoms with Crippen molar-refractivity contribution in [3.05, 3.63) is 48.1 Å². The Bertz CT molecular complexity index is 915. The van der Waals surface area contributed by atoms with Gasteiger partial charge in [0.15, 0.2) is 5.69 Å². The van der Waals surface area contributed by atoms with Gasteiger partial charge in [0.2, 0.25) is 0 Å². The zero-order chi connectivity index (χ0) is 18.2. The summed E-state index contributed by atoms with van der Waals surface area (Å²) in [5, 5.41) is 20.5. The summed E-state index contributed by atoms with van der Waals surface area (Å²) in [5.74, 6) is -0.758. The number of nitrogens with two attached hydrogens (primary N) is 1. The second-order valence-corrected chi connectivity index (χ2v) is 6.41. The van der Waals surface area contributed by atoms with Crippen molar-refractivity contribution in [2.24, 2.45) is 0 Å². The predicted molar refractivity (Wildman–Crippen MR) is 93.0 cm³/mol. The number of anilines is 1. The summed E-state index contributed by atoms with van der Waals surface area (Å²) in [5.41, 5.74) is 6.23. The highest BCUT2D eigenvalue weighted by molar-refractivity contribution is 9.11. The Hall–Kier alpha value is -2.38. The van der Waals surface area contributed by atoms with Crippen molar-refractivity contribution in [2.45, 2.75) is 6.92 Å². The highest BCUT2D eigenvalue weighted by atomic mass is 79.9. The Kier molecular flexibility index (Phi) is 4.96. The molecular weight excluding hydrogens is 448 g/mol. The van der Waals surface area contributed by atoms with E-state index in [1.807, 2.05) is 6.07 Å². The number of rotatable bonds is 3. The van der Waals surface area contributed by atoms with Gasteiger partial charge in [0.05, 0.1) is 39.0 Å². The summed E-state index contributed by atoms with van der Waals surface area (Å²) in [4.78, 5) is 22.9. The van der Waals surface area contributed by atoms with E-state index in [-0.39, 0.29) is 32.7 Å². The maximum atomic E-state index is 12.1. The third-order valence-corrected chi connectivity index (χ3v) is 4.59. The fourth-order valence-electron chi connectivity index (χ4n) is 2.33. The number of halogens is 2. The molecule has 0 amide bonds. The largest absolute Gasteiger partial charge is 0.464 e. The number of methoxy groups -OCH3 is 1. The molecule has 0 aliphatic carbocycles. The molecular formula is C14H10Br2N4O4. The molecule has 1 aromatic heterocycles. The first-order chi connectivity index (χ1) is 11.2. The molecule has 0 atom stereocenters. The van der Waals surface area contributed by atoms with Crippen LogP contribution in [0.25, 0.3) is 5.69 Å².